The summed E-state index contributed by atoms with van der Waals surface area (Å²) in [7, 11) is 2.02. The van der Waals surface area contributed by atoms with E-state index in [4.69, 9.17) is 0 Å². The van der Waals surface area contributed by atoms with Crippen molar-refractivity contribution in [3.05, 3.63) is 34.2 Å². The summed E-state index contributed by atoms with van der Waals surface area (Å²) in [6.07, 6.45) is 0.923. The quantitative estimate of drug-likeness (QED) is 0.832. The SMILES string of the molecule is Cc1nc(-c2ccc3c(c2)CCN3C(=O)CN(C)CC(C)C)cs1. The molecule has 0 spiro atoms. The first-order valence-electron chi connectivity index (χ1n) is 8.48. The zero-order valence-electron chi connectivity index (χ0n) is 14.9. The summed E-state index contributed by atoms with van der Waals surface area (Å²) in [5.41, 5.74) is 4.48. The Labute approximate surface area is 148 Å². The van der Waals surface area contributed by atoms with Gasteiger partial charge in [0.05, 0.1) is 17.2 Å². The molecule has 0 bridgehead atoms. The number of hydrogen-bond acceptors (Lipinski definition) is 4. The van der Waals surface area contributed by atoms with Crippen LogP contribution in [0.2, 0.25) is 0 Å². The highest BCUT2D eigenvalue weighted by Gasteiger charge is 2.25. The number of carbonyl (C=O) groups is 1. The van der Waals surface area contributed by atoms with Gasteiger partial charge < -0.3 is 4.90 Å². The Balaban J connectivity index is 1.74. The molecule has 0 saturated carbocycles. The lowest BCUT2D eigenvalue weighted by Gasteiger charge is -2.23. The van der Waals surface area contributed by atoms with Gasteiger partial charge in [0.25, 0.3) is 0 Å². The predicted octanol–water partition coefficient (Wildman–Crippen LogP) is 3.60. The van der Waals surface area contributed by atoms with Gasteiger partial charge >= 0.3 is 0 Å². The molecule has 1 aromatic carbocycles. The standard InChI is InChI=1S/C19H25N3OS/c1-13(2)10-21(4)11-19(23)22-8-7-16-9-15(5-6-18(16)22)17-12-24-14(3)20-17/h5-6,9,12-13H,7-8,10-11H2,1-4H3. The van der Waals surface area contributed by atoms with Crippen molar-refractivity contribution in [3.8, 4) is 11.3 Å². The zero-order valence-corrected chi connectivity index (χ0v) is 15.7. The Morgan fingerprint density at radius 1 is 1.42 bits per heavy atom. The Morgan fingerprint density at radius 2 is 2.21 bits per heavy atom. The Morgan fingerprint density at radius 3 is 2.88 bits per heavy atom. The molecule has 0 fully saturated rings. The normalized spacial score (nSPS) is 13.8. The van der Waals surface area contributed by atoms with Gasteiger partial charge in [0.1, 0.15) is 0 Å². The first-order chi connectivity index (χ1) is 11.4. The van der Waals surface area contributed by atoms with Crippen molar-refractivity contribution in [2.75, 3.05) is 31.6 Å². The molecule has 1 aromatic heterocycles. The van der Waals surface area contributed by atoms with E-state index in [1.807, 2.05) is 18.9 Å². The van der Waals surface area contributed by atoms with Crippen molar-refractivity contribution in [1.82, 2.24) is 9.88 Å². The number of thiazole rings is 1. The third-order valence-electron chi connectivity index (χ3n) is 4.27. The molecule has 4 nitrogen and oxygen atoms in total. The minimum absolute atomic E-state index is 0.189. The molecule has 2 heterocycles. The second-order valence-corrected chi connectivity index (χ2v) is 8.04. The molecule has 3 rings (SSSR count). The number of nitrogens with zero attached hydrogens (tertiary/aromatic N) is 3. The van der Waals surface area contributed by atoms with Crippen molar-refractivity contribution in [3.63, 3.8) is 0 Å². The van der Waals surface area contributed by atoms with Crippen molar-refractivity contribution in [2.45, 2.75) is 27.2 Å². The number of aryl methyl sites for hydroxylation is 1. The number of likely N-dealkylation sites (N-methyl/N-ethyl adjacent to an activating group) is 1. The molecule has 24 heavy (non-hydrogen) atoms. The van der Waals surface area contributed by atoms with Crippen LogP contribution in [0.1, 0.15) is 24.4 Å². The van der Waals surface area contributed by atoms with Crippen LogP contribution in [0.4, 0.5) is 5.69 Å². The molecule has 0 atom stereocenters. The van der Waals surface area contributed by atoms with Crippen LogP contribution in [0.25, 0.3) is 11.3 Å². The van der Waals surface area contributed by atoms with E-state index in [0.717, 1.165) is 41.5 Å². The number of amides is 1. The number of hydrogen-bond donors (Lipinski definition) is 0. The van der Waals surface area contributed by atoms with Gasteiger partial charge in [-0.05, 0) is 44.0 Å². The number of benzene rings is 1. The fourth-order valence-corrected chi connectivity index (χ4v) is 3.94. The van der Waals surface area contributed by atoms with E-state index in [0.29, 0.717) is 12.5 Å². The van der Waals surface area contributed by atoms with Gasteiger partial charge in [-0.25, -0.2) is 4.98 Å². The lowest BCUT2D eigenvalue weighted by Crippen LogP contribution is -2.39. The summed E-state index contributed by atoms with van der Waals surface area (Å²) >= 11 is 1.67. The Hall–Kier alpha value is -1.72. The highest BCUT2D eigenvalue weighted by Crippen LogP contribution is 2.32. The van der Waals surface area contributed by atoms with Crippen LogP contribution in [-0.2, 0) is 11.2 Å². The predicted molar refractivity (Wildman–Crippen MR) is 101 cm³/mol. The fourth-order valence-electron chi connectivity index (χ4n) is 3.32. The number of carbonyl (C=O) groups excluding carboxylic acids is 1. The second kappa shape index (κ2) is 7.03. The Kier molecular flexibility index (Phi) is 5.01. The average Bonchev–Trinajstić information content (AvgIpc) is 3.11. The maximum atomic E-state index is 12.6. The number of fused-ring (bicyclic) bond motifs is 1. The van der Waals surface area contributed by atoms with Gasteiger partial charge in [-0.2, -0.15) is 0 Å². The van der Waals surface area contributed by atoms with Gasteiger partial charge in [0.2, 0.25) is 5.91 Å². The molecule has 5 heteroatoms. The van der Waals surface area contributed by atoms with Gasteiger partial charge in [-0.15, -0.1) is 11.3 Å². The van der Waals surface area contributed by atoms with Crippen molar-refractivity contribution < 1.29 is 4.79 Å². The van der Waals surface area contributed by atoms with Crippen LogP contribution in [0, 0.1) is 12.8 Å². The van der Waals surface area contributed by atoms with Crippen molar-refractivity contribution in [1.29, 1.82) is 0 Å². The molecule has 2 aromatic rings. The third kappa shape index (κ3) is 3.68. The smallest absolute Gasteiger partial charge is 0.241 e. The summed E-state index contributed by atoms with van der Waals surface area (Å²) in [5, 5.41) is 3.17. The number of aromatic nitrogens is 1. The van der Waals surface area contributed by atoms with E-state index in [-0.39, 0.29) is 5.91 Å². The molecule has 1 amide bonds. The topological polar surface area (TPSA) is 36.4 Å². The monoisotopic (exact) mass is 343 g/mol. The largest absolute Gasteiger partial charge is 0.311 e. The van der Waals surface area contributed by atoms with E-state index in [9.17, 15) is 4.79 Å². The molecular weight excluding hydrogens is 318 g/mol. The maximum absolute atomic E-state index is 12.6. The number of anilines is 1. The summed E-state index contributed by atoms with van der Waals surface area (Å²) < 4.78 is 0. The third-order valence-corrected chi connectivity index (χ3v) is 5.05. The fraction of sp³-hybridized carbons (Fsp3) is 0.474. The van der Waals surface area contributed by atoms with E-state index in [1.165, 1.54) is 5.56 Å². The minimum Gasteiger partial charge on any atom is -0.311 e. The molecule has 1 aliphatic rings. The van der Waals surface area contributed by atoms with Crippen LogP contribution >= 0.6 is 11.3 Å². The molecular formula is C19H25N3OS. The van der Waals surface area contributed by atoms with Crippen LogP contribution in [0.15, 0.2) is 23.6 Å². The average molecular weight is 343 g/mol. The van der Waals surface area contributed by atoms with Crippen molar-refractivity contribution >= 4 is 22.9 Å². The second-order valence-electron chi connectivity index (χ2n) is 6.98. The van der Waals surface area contributed by atoms with E-state index < -0.39 is 0 Å². The van der Waals surface area contributed by atoms with Gasteiger partial charge in [-0.3, -0.25) is 9.69 Å². The molecule has 128 valence electrons. The molecule has 0 aliphatic carbocycles. The molecule has 0 saturated heterocycles. The van der Waals surface area contributed by atoms with Crippen molar-refractivity contribution in [2.24, 2.45) is 5.92 Å². The first kappa shape index (κ1) is 17.1. The Bertz CT molecular complexity index is 738. The van der Waals surface area contributed by atoms with Crippen LogP contribution in [0.5, 0.6) is 0 Å². The highest BCUT2D eigenvalue weighted by molar-refractivity contribution is 7.09. The summed E-state index contributed by atoms with van der Waals surface area (Å²) in [4.78, 5) is 21.2. The maximum Gasteiger partial charge on any atom is 0.241 e. The van der Waals surface area contributed by atoms with E-state index in [1.54, 1.807) is 11.3 Å². The van der Waals surface area contributed by atoms with Crippen LogP contribution in [0.3, 0.4) is 0 Å². The minimum atomic E-state index is 0.189. The van der Waals surface area contributed by atoms with E-state index >= 15 is 0 Å². The van der Waals surface area contributed by atoms with Gasteiger partial charge in [0, 0.05) is 29.7 Å². The summed E-state index contributed by atoms with van der Waals surface area (Å²) in [6.45, 7) is 8.57. The molecule has 0 N–H and O–H groups in total. The highest BCUT2D eigenvalue weighted by atomic mass is 32.1. The summed E-state index contributed by atoms with van der Waals surface area (Å²) in [5.74, 6) is 0.756. The summed E-state index contributed by atoms with van der Waals surface area (Å²) in [6, 6.07) is 6.35. The molecule has 0 radical (unpaired) electrons. The van der Waals surface area contributed by atoms with Gasteiger partial charge in [-0.1, -0.05) is 19.9 Å². The lowest BCUT2D eigenvalue weighted by molar-refractivity contribution is -0.119. The number of rotatable bonds is 5. The first-order valence-corrected chi connectivity index (χ1v) is 9.36. The molecule has 0 unspecified atom stereocenters. The van der Waals surface area contributed by atoms with Crippen LogP contribution in [-0.4, -0.2) is 42.5 Å². The van der Waals surface area contributed by atoms with Gasteiger partial charge in [0.15, 0.2) is 0 Å². The van der Waals surface area contributed by atoms with E-state index in [2.05, 4.69) is 47.3 Å². The zero-order chi connectivity index (χ0) is 17.3. The molecule has 1 aliphatic heterocycles. The van der Waals surface area contributed by atoms with Crippen LogP contribution < -0.4 is 4.90 Å². The lowest BCUT2D eigenvalue weighted by atomic mass is 10.1.